The van der Waals surface area contributed by atoms with Gasteiger partial charge in [0.2, 0.25) is 15.9 Å². The fraction of sp³-hybridized carbons (Fsp3) is 0.481. The van der Waals surface area contributed by atoms with E-state index in [0.29, 0.717) is 31.6 Å². The lowest BCUT2D eigenvalue weighted by Crippen LogP contribution is -2.47. The summed E-state index contributed by atoms with van der Waals surface area (Å²) in [6.45, 7) is 1.06. The van der Waals surface area contributed by atoms with Gasteiger partial charge in [-0.15, -0.1) is 0 Å². The van der Waals surface area contributed by atoms with Crippen LogP contribution in [0.3, 0.4) is 0 Å². The lowest BCUT2D eigenvalue weighted by Gasteiger charge is -2.36. The van der Waals surface area contributed by atoms with Gasteiger partial charge in [-0.2, -0.15) is 4.31 Å². The van der Waals surface area contributed by atoms with E-state index in [1.54, 1.807) is 24.3 Å². The number of piperidine rings is 1. The Morgan fingerprint density at radius 3 is 2.55 bits per heavy atom. The van der Waals surface area contributed by atoms with E-state index in [9.17, 15) is 13.2 Å². The van der Waals surface area contributed by atoms with Crippen molar-refractivity contribution in [2.24, 2.45) is 5.16 Å². The van der Waals surface area contributed by atoms with Gasteiger partial charge in [0, 0.05) is 25.9 Å². The van der Waals surface area contributed by atoms with E-state index in [4.69, 9.17) is 19.0 Å². The summed E-state index contributed by atoms with van der Waals surface area (Å²) in [6.07, 6.45) is 3.21. The van der Waals surface area contributed by atoms with Gasteiger partial charge in [0.1, 0.15) is 11.4 Å². The first-order valence-electron chi connectivity index (χ1n) is 12.9. The molecule has 2 heterocycles. The van der Waals surface area contributed by atoms with E-state index in [1.165, 1.54) is 11.4 Å². The second kappa shape index (κ2) is 11.3. The Kier molecular flexibility index (Phi) is 7.87. The van der Waals surface area contributed by atoms with Gasteiger partial charge in [0.15, 0.2) is 0 Å². The average Bonchev–Trinajstić information content (AvgIpc) is 3.54. The third-order valence-electron chi connectivity index (χ3n) is 7.42. The lowest BCUT2D eigenvalue weighted by atomic mass is 9.89. The summed E-state index contributed by atoms with van der Waals surface area (Å²) in [5.41, 5.74) is 0.419. The first kappa shape index (κ1) is 26.5. The minimum absolute atomic E-state index is 0.0761. The van der Waals surface area contributed by atoms with E-state index < -0.39 is 21.7 Å². The van der Waals surface area contributed by atoms with Gasteiger partial charge in [0.25, 0.3) is 0 Å². The standard InChI is InChI=1S/C27H33N3O7S/c1-34-21-10-12-22(13-11-21)38(32,33)30-16-14-27(15-17-30)18-25(29-37-27)36-26(31)28-23-8-5-9-24(23)35-19-20-6-3-2-4-7-20/h2-4,6-7,10-13,23-24H,5,8-9,14-19H2,1H3,(H,28,31). The molecule has 2 unspecified atom stereocenters. The van der Waals surface area contributed by atoms with Crippen LogP contribution in [-0.2, 0) is 30.9 Å². The van der Waals surface area contributed by atoms with Crippen molar-refractivity contribution < 1.29 is 32.3 Å². The molecule has 2 aromatic carbocycles. The highest BCUT2D eigenvalue weighted by Gasteiger charge is 2.46. The maximum Gasteiger partial charge on any atom is 0.414 e. The molecule has 1 saturated heterocycles. The first-order chi connectivity index (χ1) is 18.4. The Morgan fingerprint density at radius 2 is 1.84 bits per heavy atom. The summed E-state index contributed by atoms with van der Waals surface area (Å²) in [6, 6.07) is 16.1. The Labute approximate surface area is 222 Å². The fourth-order valence-electron chi connectivity index (χ4n) is 5.20. The molecule has 1 aliphatic carbocycles. The summed E-state index contributed by atoms with van der Waals surface area (Å²) < 4.78 is 44.2. The minimum Gasteiger partial charge on any atom is -0.497 e. The monoisotopic (exact) mass is 543 g/mol. The third kappa shape index (κ3) is 5.95. The van der Waals surface area contributed by atoms with Crippen LogP contribution in [-0.4, -0.2) is 62.7 Å². The molecule has 11 heteroatoms. The number of hydrogen-bond acceptors (Lipinski definition) is 8. The van der Waals surface area contributed by atoms with Crippen LogP contribution in [0.2, 0.25) is 0 Å². The molecule has 1 amide bonds. The number of alkyl carbamates (subject to hydrolysis) is 1. The topological polar surface area (TPSA) is 116 Å². The molecule has 3 aliphatic rings. The Morgan fingerprint density at radius 1 is 1.11 bits per heavy atom. The molecular formula is C27H33N3O7S. The number of nitrogens with zero attached hydrogens (tertiary/aromatic N) is 2. The van der Waals surface area contributed by atoms with Gasteiger partial charge in [-0.05, 0) is 49.1 Å². The van der Waals surface area contributed by atoms with Crippen LogP contribution >= 0.6 is 0 Å². The van der Waals surface area contributed by atoms with Crippen LogP contribution in [0.25, 0.3) is 0 Å². The molecule has 2 atom stereocenters. The summed E-state index contributed by atoms with van der Waals surface area (Å²) in [7, 11) is -2.10. The molecule has 5 rings (SSSR count). The highest BCUT2D eigenvalue weighted by atomic mass is 32.2. The second-order valence-electron chi connectivity index (χ2n) is 9.92. The smallest absolute Gasteiger partial charge is 0.414 e. The van der Waals surface area contributed by atoms with Crippen molar-refractivity contribution in [3.8, 4) is 5.75 Å². The summed E-state index contributed by atoms with van der Waals surface area (Å²) in [4.78, 5) is 18.5. The highest BCUT2D eigenvalue weighted by molar-refractivity contribution is 7.89. The maximum absolute atomic E-state index is 13.0. The van der Waals surface area contributed by atoms with Gasteiger partial charge in [-0.25, -0.2) is 13.2 Å². The molecule has 2 fully saturated rings. The van der Waals surface area contributed by atoms with Crippen LogP contribution in [0.1, 0.15) is 44.1 Å². The van der Waals surface area contributed by atoms with Gasteiger partial charge in [-0.1, -0.05) is 35.5 Å². The quantitative estimate of drug-likeness (QED) is 0.565. The van der Waals surface area contributed by atoms with Gasteiger partial charge < -0.3 is 24.4 Å². The Hall–Kier alpha value is -3.15. The number of rotatable bonds is 7. The van der Waals surface area contributed by atoms with Crippen molar-refractivity contribution in [3.63, 3.8) is 0 Å². The number of carbonyl (C=O) groups excluding carboxylic acids is 1. The van der Waals surface area contributed by atoms with Crippen LogP contribution in [0.5, 0.6) is 5.75 Å². The highest BCUT2D eigenvalue weighted by Crippen LogP contribution is 2.36. The number of benzene rings is 2. The number of sulfonamides is 1. The normalized spacial score (nSPS) is 23.0. The molecule has 2 aliphatic heterocycles. The van der Waals surface area contributed by atoms with Crippen LogP contribution in [0.4, 0.5) is 4.79 Å². The maximum atomic E-state index is 13.0. The molecule has 204 valence electrons. The van der Waals surface area contributed by atoms with Gasteiger partial charge in [-0.3, -0.25) is 0 Å². The molecule has 1 N–H and O–H groups in total. The van der Waals surface area contributed by atoms with E-state index in [0.717, 1.165) is 24.8 Å². The molecular weight excluding hydrogens is 510 g/mol. The third-order valence-corrected chi connectivity index (χ3v) is 9.33. The molecule has 2 aromatic rings. The number of carbonyl (C=O) groups is 1. The minimum atomic E-state index is -3.63. The molecule has 0 bridgehead atoms. The van der Waals surface area contributed by atoms with E-state index in [1.807, 2.05) is 30.3 Å². The van der Waals surface area contributed by atoms with Crippen molar-refractivity contribution in [1.82, 2.24) is 9.62 Å². The fourth-order valence-corrected chi connectivity index (χ4v) is 6.64. The number of oxime groups is 1. The zero-order valence-corrected chi connectivity index (χ0v) is 22.2. The van der Waals surface area contributed by atoms with Crippen molar-refractivity contribution in [1.29, 1.82) is 0 Å². The van der Waals surface area contributed by atoms with E-state index >= 15 is 0 Å². The zero-order valence-electron chi connectivity index (χ0n) is 21.4. The summed E-state index contributed by atoms with van der Waals surface area (Å²) in [5, 5.41) is 6.92. The Balaban J connectivity index is 1.09. The number of hydrogen-bond donors (Lipinski definition) is 1. The predicted octanol–water partition coefficient (Wildman–Crippen LogP) is 3.82. The van der Waals surface area contributed by atoms with Crippen LogP contribution < -0.4 is 10.1 Å². The molecule has 0 aromatic heterocycles. The average molecular weight is 544 g/mol. The number of methoxy groups -OCH3 is 1. The van der Waals surface area contributed by atoms with Gasteiger partial charge >= 0.3 is 6.09 Å². The molecule has 38 heavy (non-hydrogen) atoms. The van der Waals surface area contributed by atoms with Crippen molar-refractivity contribution >= 4 is 22.0 Å². The van der Waals surface area contributed by atoms with Crippen molar-refractivity contribution in [2.75, 3.05) is 20.2 Å². The SMILES string of the molecule is COc1ccc(S(=O)(=O)N2CCC3(CC2)CC(OC(=O)NC2CCCC2OCc2ccccc2)=NO3)cc1. The first-order valence-corrected chi connectivity index (χ1v) is 14.3. The Bertz CT molecular complexity index is 1240. The second-order valence-corrected chi connectivity index (χ2v) is 11.9. The molecule has 10 nitrogen and oxygen atoms in total. The molecule has 0 radical (unpaired) electrons. The number of ether oxygens (including phenoxy) is 3. The van der Waals surface area contributed by atoms with Gasteiger partial charge in [0.05, 0.1) is 37.2 Å². The zero-order chi connectivity index (χ0) is 26.6. The van der Waals surface area contributed by atoms with E-state index in [2.05, 4.69) is 10.5 Å². The van der Waals surface area contributed by atoms with E-state index in [-0.39, 0.29) is 36.0 Å². The number of amides is 1. The summed E-state index contributed by atoms with van der Waals surface area (Å²) in [5.74, 6) is 0.798. The van der Waals surface area contributed by atoms with Crippen molar-refractivity contribution in [3.05, 3.63) is 60.2 Å². The number of nitrogens with one attached hydrogen (secondary N) is 1. The predicted molar refractivity (Wildman–Crippen MR) is 139 cm³/mol. The molecule has 1 saturated carbocycles. The van der Waals surface area contributed by atoms with Crippen LogP contribution in [0.15, 0.2) is 64.6 Å². The molecule has 1 spiro atoms. The van der Waals surface area contributed by atoms with Crippen molar-refractivity contribution in [2.45, 2.75) is 67.8 Å². The summed E-state index contributed by atoms with van der Waals surface area (Å²) >= 11 is 0. The van der Waals surface area contributed by atoms with Crippen LogP contribution in [0, 0.1) is 0 Å². The lowest BCUT2D eigenvalue weighted by molar-refractivity contribution is -0.0506. The largest absolute Gasteiger partial charge is 0.497 e.